The molecule has 1 saturated carbocycles. The molecule has 31 heavy (non-hydrogen) atoms. The third-order valence-corrected chi connectivity index (χ3v) is 5.01. The first-order chi connectivity index (χ1) is 14.6. The SMILES string of the molecule is CC.O=C(NNC(=O)C(F)(F)F)c1cnc(NC2(c3ccc(Cl)cc3Cl)CCC2)nc1. The molecule has 7 nitrogen and oxygen atoms in total. The fraction of sp³-hybridized carbons (Fsp3) is 0.368. The summed E-state index contributed by atoms with van der Waals surface area (Å²) in [6.45, 7) is 4.00. The van der Waals surface area contributed by atoms with Gasteiger partial charge in [-0.05, 0) is 37.0 Å². The number of amides is 2. The normalized spacial score (nSPS) is 14.4. The molecule has 1 fully saturated rings. The van der Waals surface area contributed by atoms with Gasteiger partial charge in [-0.25, -0.2) is 9.97 Å². The molecule has 0 spiro atoms. The highest BCUT2D eigenvalue weighted by Crippen LogP contribution is 2.46. The van der Waals surface area contributed by atoms with Crippen LogP contribution in [0.1, 0.15) is 49.0 Å². The van der Waals surface area contributed by atoms with Gasteiger partial charge < -0.3 is 5.32 Å². The van der Waals surface area contributed by atoms with Gasteiger partial charge in [0.2, 0.25) is 5.95 Å². The van der Waals surface area contributed by atoms with Crippen LogP contribution in [0.5, 0.6) is 0 Å². The Hall–Kier alpha value is -2.59. The highest BCUT2D eigenvalue weighted by Gasteiger charge is 2.41. The monoisotopic (exact) mass is 477 g/mol. The van der Waals surface area contributed by atoms with E-state index < -0.39 is 23.5 Å². The van der Waals surface area contributed by atoms with E-state index in [4.69, 9.17) is 23.2 Å². The second kappa shape index (κ2) is 10.1. The Bertz CT molecular complexity index is 935. The number of hydrogen-bond acceptors (Lipinski definition) is 5. The summed E-state index contributed by atoms with van der Waals surface area (Å²) < 4.78 is 36.4. The molecule has 3 N–H and O–H groups in total. The molecule has 2 aromatic rings. The molecule has 0 saturated heterocycles. The van der Waals surface area contributed by atoms with Gasteiger partial charge in [0.25, 0.3) is 5.91 Å². The lowest BCUT2D eigenvalue weighted by molar-refractivity contribution is -0.174. The summed E-state index contributed by atoms with van der Waals surface area (Å²) in [7, 11) is 0. The molecule has 1 aromatic heterocycles. The number of hydrogen-bond donors (Lipinski definition) is 3. The number of hydrazine groups is 1. The van der Waals surface area contributed by atoms with Crippen LogP contribution in [0.4, 0.5) is 19.1 Å². The summed E-state index contributed by atoms with van der Waals surface area (Å²) in [5.41, 5.74) is 3.14. The Morgan fingerprint density at radius 1 is 1.06 bits per heavy atom. The first-order valence-electron chi connectivity index (χ1n) is 9.34. The number of nitrogens with zero attached hydrogens (tertiary/aromatic N) is 2. The predicted molar refractivity (Wildman–Crippen MR) is 111 cm³/mol. The minimum Gasteiger partial charge on any atom is -0.345 e. The number of benzene rings is 1. The zero-order valence-corrected chi connectivity index (χ0v) is 18.1. The average molecular weight is 478 g/mol. The van der Waals surface area contributed by atoms with E-state index in [0.29, 0.717) is 10.0 Å². The number of nitrogens with one attached hydrogen (secondary N) is 3. The smallest absolute Gasteiger partial charge is 0.345 e. The van der Waals surface area contributed by atoms with Crippen LogP contribution in [0.3, 0.4) is 0 Å². The van der Waals surface area contributed by atoms with Crippen LogP contribution in [0, 0.1) is 0 Å². The van der Waals surface area contributed by atoms with Crippen LogP contribution < -0.4 is 16.2 Å². The fourth-order valence-corrected chi connectivity index (χ4v) is 3.44. The van der Waals surface area contributed by atoms with Crippen molar-refractivity contribution in [2.75, 3.05) is 5.32 Å². The van der Waals surface area contributed by atoms with E-state index in [1.165, 1.54) is 5.43 Å². The van der Waals surface area contributed by atoms with Crippen LogP contribution in [0.25, 0.3) is 0 Å². The Morgan fingerprint density at radius 2 is 1.68 bits per heavy atom. The number of carbonyl (C=O) groups excluding carboxylic acids is 2. The molecule has 1 aromatic carbocycles. The van der Waals surface area contributed by atoms with E-state index in [9.17, 15) is 22.8 Å². The first kappa shape index (κ1) is 24.7. The summed E-state index contributed by atoms with van der Waals surface area (Å²) in [5.74, 6) is -3.07. The lowest BCUT2D eigenvalue weighted by Crippen LogP contribution is -2.47. The largest absolute Gasteiger partial charge is 0.472 e. The molecule has 0 aliphatic heterocycles. The van der Waals surface area contributed by atoms with Crippen LogP contribution >= 0.6 is 23.2 Å². The molecule has 1 aliphatic rings. The van der Waals surface area contributed by atoms with E-state index in [1.54, 1.807) is 17.6 Å². The van der Waals surface area contributed by atoms with E-state index >= 15 is 0 Å². The zero-order chi connectivity index (χ0) is 23.2. The summed E-state index contributed by atoms with van der Waals surface area (Å²) in [6, 6.07) is 5.19. The predicted octanol–water partition coefficient (Wildman–Crippen LogP) is 4.62. The maximum absolute atomic E-state index is 12.1. The minimum atomic E-state index is -5.11. The van der Waals surface area contributed by atoms with Gasteiger partial charge in [0.15, 0.2) is 0 Å². The van der Waals surface area contributed by atoms with Gasteiger partial charge in [0.1, 0.15) is 0 Å². The highest BCUT2D eigenvalue weighted by atomic mass is 35.5. The van der Waals surface area contributed by atoms with Gasteiger partial charge in [0.05, 0.1) is 11.1 Å². The number of halogens is 5. The molecule has 0 bridgehead atoms. The number of alkyl halides is 3. The Balaban J connectivity index is 0.00000166. The molecule has 1 heterocycles. The molecule has 168 valence electrons. The van der Waals surface area contributed by atoms with Crippen molar-refractivity contribution < 1.29 is 22.8 Å². The summed E-state index contributed by atoms with van der Waals surface area (Å²) >= 11 is 12.3. The van der Waals surface area contributed by atoms with E-state index in [0.717, 1.165) is 37.2 Å². The zero-order valence-electron chi connectivity index (χ0n) is 16.6. The Labute approximate surface area is 186 Å². The van der Waals surface area contributed by atoms with Gasteiger partial charge in [-0.3, -0.25) is 20.4 Å². The molecule has 3 rings (SSSR count). The Morgan fingerprint density at radius 3 is 2.16 bits per heavy atom. The minimum absolute atomic E-state index is 0.134. The molecule has 12 heteroatoms. The van der Waals surface area contributed by atoms with Crippen molar-refractivity contribution in [2.24, 2.45) is 0 Å². The second-order valence-corrected chi connectivity index (χ2v) is 7.23. The highest BCUT2D eigenvalue weighted by molar-refractivity contribution is 6.35. The van der Waals surface area contributed by atoms with E-state index in [-0.39, 0.29) is 11.5 Å². The number of anilines is 1. The van der Waals surface area contributed by atoms with Crippen molar-refractivity contribution >= 4 is 41.0 Å². The number of carbonyl (C=O) groups is 2. The molecular weight excluding hydrogens is 458 g/mol. The van der Waals surface area contributed by atoms with Crippen molar-refractivity contribution in [3.05, 3.63) is 51.8 Å². The van der Waals surface area contributed by atoms with Crippen molar-refractivity contribution in [1.29, 1.82) is 0 Å². The summed E-state index contributed by atoms with van der Waals surface area (Å²) in [4.78, 5) is 30.6. The van der Waals surface area contributed by atoms with Gasteiger partial charge in [-0.1, -0.05) is 43.1 Å². The van der Waals surface area contributed by atoms with E-state index in [1.807, 2.05) is 19.9 Å². The lowest BCUT2D eigenvalue weighted by Gasteiger charge is -2.43. The second-order valence-electron chi connectivity index (χ2n) is 6.39. The van der Waals surface area contributed by atoms with Crippen molar-refractivity contribution in [3.8, 4) is 0 Å². The summed E-state index contributed by atoms with van der Waals surface area (Å²) in [5, 5.41) is 4.22. The van der Waals surface area contributed by atoms with Gasteiger partial charge in [-0.2, -0.15) is 13.2 Å². The van der Waals surface area contributed by atoms with Gasteiger partial charge in [0, 0.05) is 22.4 Å². The topological polar surface area (TPSA) is 96.0 Å². The standard InChI is InChI=1S/C17H14Cl2F3N5O2.C2H6/c18-10-2-3-11(12(19)6-10)16(4-1-5-16)25-15-23-7-9(8-24-15)13(28)26-27-14(29)17(20,21)22;1-2/h2-3,6-8H,1,4-5H2,(H,26,28)(H,27,29)(H,23,24,25);1-2H3. The maximum Gasteiger partial charge on any atom is 0.472 e. The van der Waals surface area contributed by atoms with Crippen LogP contribution in [-0.2, 0) is 10.3 Å². The molecule has 1 aliphatic carbocycles. The molecule has 0 radical (unpaired) electrons. The third-order valence-electron chi connectivity index (χ3n) is 4.47. The fourth-order valence-electron chi connectivity index (χ4n) is 2.85. The van der Waals surface area contributed by atoms with Gasteiger partial charge in [-0.15, -0.1) is 0 Å². The van der Waals surface area contributed by atoms with Crippen molar-refractivity contribution in [3.63, 3.8) is 0 Å². The first-order valence-corrected chi connectivity index (χ1v) is 10.1. The molecule has 0 unspecified atom stereocenters. The van der Waals surface area contributed by atoms with Crippen molar-refractivity contribution in [2.45, 2.75) is 44.8 Å². The molecule has 2 amide bonds. The molecular formula is C19H20Cl2F3N5O2. The third kappa shape index (κ3) is 5.98. The lowest BCUT2D eigenvalue weighted by atomic mass is 9.72. The van der Waals surface area contributed by atoms with Crippen LogP contribution in [0.15, 0.2) is 30.6 Å². The van der Waals surface area contributed by atoms with Crippen LogP contribution in [-0.4, -0.2) is 28.0 Å². The van der Waals surface area contributed by atoms with Crippen molar-refractivity contribution in [1.82, 2.24) is 20.8 Å². The molecule has 0 atom stereocenters. The quantitative estimate of drug-likeness (QED) is 0.558. The number of rotatable bonds is 4. The van der Waals surface area contributed by atoms with Crippen LogP contribution in [0.2, 0.25) is 10.0 Å². The van der Waals surface area contributed by atoms with Gasteiger partial charge >= 0.3 is 12.1 Å². The Kier molecular flexibility index (Phi) is 8.08. The average Bonchev–Trinajstić information content (AvgIpc) is 2.70. The number of aromatic nitrogens is 2. The summed E-state index contributed by atoms with van der Waals surface area (Å²) in [6.07, 6.45) is -0.337. The van der Waals surface area contributed by atoms with E-state index in [2.05, 4.69) is 15.3 Å². The maximum atomic E-state index is 12.1.